The molecule has 1 aliphatic heterocycles. The van der Waals surface area contributed by atoms with Gasteiger partial charge in [-0.1, -0.05) is 97.1 Å². The number of benzene rings is 6. The minimum absolute atomic E-state index is 0.00368. The van der Waals surface area contributed by atoms with Crippen LogP contribution in [0.25, 0.3) is 71.2 Å². The fourth-order valence-corrected chi connectivity index (χ4v) is 8.20. The van der Waals surface area contributed by atoms with Crippen molar-refractivity contribution < 1.29 is 4.42 Å². The molecule has 6 aromatic carbocycles. The Kier molecular flexibility index (Phi) is 4.60. The van der Waals surface area contributed by atoms with E-state index in [2.05, 4.69) is 159 Å². The first-order valence-corrected chi connectivity index (χ1v) is 15.8. The molecule has 4 nitrogen and oxygen atoms in total. The first-order valence-electron chi connectivity index (χ1n) is 15.8. The van der Waals surface area contributed by atoms with E-state index in [1.54, 1.807) is 0 Å². The van der Waals surface area contributed by atoms with Gasteiger partial charge in [-0.25, -0.2) is 0 Å². The van der Waals surface area contributed by atoms with Crippen LogP contribution in [0.15, 0.2) is 156 Å². The zero-order chi connectivity index (χ0) is 29.9. The molecule has 4 heterocycles. The molecular weight excluding hydrogens is 562 g/mol. The van der Waals surface area contributed by atoms with E-state index in [0.717, 1.165) is 33.3 Å². The van der Waals surface area contributed by atoms with Crippen LogP contribution in [0.3, 0.4) is 0 Å². The summed E-state index contributed by atoms with van der Waals surface area (Å²) in [6.07, 6.45) is 8.96. The fourth-order valence-electron chi connectivity index (χ4n) is 8.20. The SMILES string of the molecule is C1=CC2=[N+](c3cccc4c3oc3ccccc34)c3cccc4c5ccc6c(c7ccccc7n6-c6ccccc6)c5n(c34)C2C=C1. The summed E-state index contributed by atoms with van der Waals surface area (Å²) in [5.41, 5.74) is 11.4. The Labute approximate surface area is 263 Å². The zero-order valence-corrected chi connectivity index (χ0v) is 24.8. The van der Waals surface area contributed by atoms with E-state index in [1.165, 1.54) is 55.0 Å². The summed E-state index contributed by atoms with van der Waals surface area (Å²) in [5.74, 6) is 0. The van der Waals surface area contributed by atoms with Gasteiger partial charge in [0.25, 0.3) is 5.69 Å². The number of para-hydroxylation sites is 5. The molecule has 11 rings (SSSR count). The third-order valence-corrected chi connectivity index (χ3v) is 9.99. The summed E-state index contributed by atoms with van der Waals surface area (Å²) in [5, 5.41) is 7.35. The molecule has 0 bridgehead atoms. The topological polar surface area (TPSA) is 26.0 Å². The average Bonchev–Trinajstić information content (AvgIpc) is 3.78. The van der Waals surface area contributed by atoms with Crippen molar-refractivity contribution in [1.29, 1.82) is 0 Å². The number of hydrogen-bond donors (Lipinski definition) is 0. The molecule has 4 heteroatoms. The van der Waals surface area contributed by atoms with Crippen molar-refractivity contribution in [2.75, 3.05) is 0 Å². The summed E-state index contributed by atoms with van der Waals surface area (Å²) in [4.78, 5) is 0. The average molecular weight is 589 g/mol. The number of nitrogens with zero attached hydrogens (tertiary/aromatic N) is 3. The van der Waals surface area contributed by atoms with E-state index in [9.17, 15) is 0 Å². The van der Waals surface area contributed by atoms with Crippen LogP contribution in [0.4, 0.5) is 11.4 Å². The molecule has 0 spiro atoms. The van der Waals surface area contributed by atoms with E-state index in [-0.39, 0.29) is 6.04 Å². The lowest BCUT2D eigenvalue weighted by molar-refractivity contribution is 0.665. The van der Waals surface area contributed by atoms with Crippen molar-refractivity contribution in [2.45, 2.75) is 6.04 Å². The first-order chi connectivity index (χ1) is 22.9. The maximum absolute atomic E-state index is 6.60. The predicted octanol–water partition coefficient (Wildman–Crippen LogP) is 10.7. The summed E-state index contributed by atoms with van der Waals surface area (Å²) >= 11 is 0. The maximum atomic E-state index is 6.60. The van der Waals surface area contributed by atoms with Crippen LogP contribution in [0.2, 0.25) is 0 Å². The molecule has 1 atom stereocenters. The van der Waals surface area contributed by atoms with Crippen LogP contribution in [-0.4, -0.2) is 14.8 Å². The highest BCUT2D eigenvalue weighted by Gasteiger charge is 2.39. The summed E-state index contributed by atoms with van der Waals surface area (Å²) in [7, 11) is 0. The second kappa shape index (κ2) is 8.74. The Hall–Kier alpha value is -6.13. The lowest BCUT2D eigenvalue weighted by Gasteiger charge is -2.24. The van der Waals surface area contributed by atoms with Gasteiger partial charge in [-0.3, -0.25) is 0 Å². The van der Waals surface area contributed by atoms with Crippen LogP contribution in [-0.2, 0) is 0 Å². The Bertz CT molecular complexity index is 2860. The number of aromatic nitrogens is 2. The number of fused-ring (bicyclic) bond motifs is 12. The van der Waals surface area contributed by atoms with Gasteiger partial charge in [-0.05, 0) is 36.4 Å². The third-order valence-electron chi connectivity index (χ3n) is 9.99. The van der Waals surface area contributed by atoms with Gasteiger partial charge >= 0.3 is 0 Å². The highest BCUT2D eigenvalue weighted by molar-refractivity contribution is 6.28. The molecular formula is C42H26N3O+. The van der Waals surface area contributed by atoms with Gasteiger partial charge < -0.3 is 13.6 Å². The van der Waals surface area contributed by atoms with Gasteiger partial charge in [0, 0.05) is 56.2 Å². The van der Waals surface area contributed by atoms with Crippen molar-refractivity contribution in [2.24, 2.45) is 0 Å². The number of allylic oxidation sites excluding steroid dienone is 4. The van der Waals surface area contributed by atoms with Crippen LogP contribution in [0.5, 0.6) is 0 Å². The lowest BCUT2D eigenvalue weighted by Crippen LogP contribution is -2.30. The molecule has 2 aliphatic rings. The predicted molar refractivity (Wildman–Crippen MR) is 191 cm³/mol. The van der Waals surface area contributed by atoms with Gasteiger partial charge in [-0.2, -0.15) is 4.58 Å². The zero-order valence-electron chi connectivity index (χ0n) is 24.8. The molecule has 46 heavy (non-hydrogen) atoms. The molecule has 214 valence electrons. The number of furan rings is 1. The Morgan fingerprint density at radius 1 is 0.543 bits per heavy atom. The Morgan fingerprint density at radius 3 is 2.20 bits per heavy atom. The molecule has 1 aliphatic carbocycles. The number of hydrogen-bond acceptors (Lipinski definition) is 1. The lowest BCUT2D eigenvalue weighted by atomic mass is 10.0. The second-order valence-electron chi connectivity index (χ2n) is 12.3. The summed E-state index contributed by atoms with van der Waals surface area (Å²) < 4.78 is 14.0. The van der Waals surface area contributed by atoms with E-state index in [1.807, 2.05) is 6.07 Å². The van der Waals surface area contributed by atoms with Crippen LogP contribution in [0.1, 0.15) is 6.04 Å². The maximum Gasteiger partial charge on any atom is 0.255 e. The molecule has 0 saturated heterocycles. The van der Waals surface area contributed by atoms with Crippen LogP contribution < -0.4 is 4.58 Å². The van der Waals surface area contributed by atoms with Crippen molar-refractivity contribution in [3.63, 3.8) is 0 Å². The molecule has 1 unspecified atom stereocenters. The Morgan fingerprint density at radius 2 is 1.28 bits per heavy atom. The fraction of sp³-hybridized carbons (Fsp3) is 0.0238. The first kappa shape index (κ1) is 24.2. The van der Waals surface area contributed by atoms with Gasteiger partial charge in [-0.15, -0.1) is 0 Å². The van der Waals surface area contributed by atoms with Crippen molar-refractivity contribution in [3.8, 4) is 5.69 Å². The second-order valence-corrected chi connectivity index (χ2v) is 12.3. The minimum Gasteiger partial charge on any atom is -0.449 e. The van der Waals surface area contributed by atoms with Crippen molar-refractivity contribution >= 4 is 82.6 Å². The van der Waals surface area contributed by atoms with Crippen molar-refractivity contribution in [3.05, 3.63) is 152 Å². The smallest absolute Gasteiger partial charge is 0.255 e. The monoisotopic (exact) mass is 588 g/mol. The minimum atomic E-state index is 0.00368. The summed E-state index contributed by atoms with van der Waals surface area (Å²) in [6, 6.07) is 45.8. The standard InChI is InChI=1S/C42H26N3O/c1-2-12-26(13-3-1)43-32-18-6-4-15-31(32)39-35(43)25-24-29-28-16-10-21-36-40(28)45(41(29)39)34-20-8-7-19-33(34)44(36)37-22-11-17-30-27-14-5-9-23-38(27)46-42(30)37/h1-25,34H/q+1. The molecule has 0 fully saturated rings. The highest BCUT2D eigenvalue weighted by Crippen LogP contribution is 2.48. The summed E-state index contributed by atoms with van der Waals surface area (Å²) in [6.45, 7) is 0. The normalized spacial score (nSPS) is 15.8. The molecule has 0 radical (unpaired) electrons. The molecule has 3 aromatic heterocycles. The van der Waals surface area contributed by atoms with E-state index in [0.29, 0.717) is 0 Å². The molecule has 0 N–H and O–H groups in total. The van der Waals surface area contributed by atoms with Gasteiger partial charge in [0.1, 0.15) is 17.1 Å². The molecule has 0 saturated carbocycles. The quantitative estimate of drug-likeness (QED) is 0.185. The molecule has 9 aromatic rings. The largest absolute Gasteiger partial charge is 0.449 e. The Balaban J connectivity index is 1.31. The van der Waals surface area contributed by atoms with Crippen LogP contribution >= 0.6 is 0 Å². The number of rotatable bonds is 2. The van der Waals surface area contributed by atoms with Crippen LogP contribution in [0, 0.1) is 0 Å². The third kappa shape index (κ3) is 2.96. The van der Waals surface area contributed by atoms with E-state index >= 15 is 0 Å². The highest BCUT2D eigenvalue weighted by atomic mass is 16.3. The van der Waals surface area contributed by atoms with Gasteiger partial charge in [0.05, 0.1) is 16.6 Å². The van der Waals surface area contributed by atoms with E-state index < -0.39 is 0 Å². The van der Waals surface area contributed by atoms with E-state index in [4.69, 9.17) is 4.42 Å². The van der Waals surface area contributed by atoms with Crippen molar-refractivity contribution in [1.82, 2.24) is 13.7 Å². The van der Waals surface area contributed by atoms with Gasteiger partial charge in [0.2, 0.25) is 17.0 Å². The molecule has 0 amide bonds. The van der Waals surface area contributed by atoms with Gasteiger partial charge in [0.15, 0.2) is 0 Å².